The van der Waals surface area contributed by atoms with Gasteiger partial charge in [-0.2, -0.15) is 0 Å². The molecule has 4 heteroatoms. The highest BCUT2D eigenvalue weighted by Gasteiger charge is 2.15. The van der Waals surface area contributed by atoms with Crippen LogP contribution in [0.1, 0.15) is 23.9 Å². The summed E-state index contributed by atoms with van der Waals surface area (Å²) in [6, 6.07) is 8.17. The lowest BCUT2D eigenvalue weighted by atomic mass is 10.2. The van der Waals surface area contributed by atoms with Gasteiger partial charge in [-0.25, -0.2) is 9.97 Å². The minimum absolute atomic E-state index is 0.755. The van der Waals surface area contributed by atoms with E-state index in [2.05, 4.69) is 21.4 Å². The number of benzene rings is 1. The van der Waals surface area contributed by atoms with E-state index < -0.39 is 0 Å². The molecule has 0 spiro atoms. The minimum Gasteiger partial charge on any atom is -0.454 e. The van der Waals surface area contributed by atoms with Gasteiger partial charge in [-0.05, 0) is 39.3 Å². The summed E-state index contributed by atoms with van der Waals surface area (Å²) in [6.07, 6.45) is 0. The predicted molar refractivity (Wildman–Crippen MR) is 85.6 cm³/mol. The standard InChI is InChI=1S/C17H19N3O/c1-5-18-17-15(19-11(3)12(4)20-17)14-9-13-8-6-7-10(2)16(13)21-14/h6-9H,5H2,1-4H3,(H,18,20). The number of rotatable bonds is 3. The first-order valence-corrected chi connectivity index (χ1v) is 7.18. The molecule has 0 atom stereocenters. The first-order chi connectivity index (χ1) is 10.1. The Labute approximate surface area is 124 Å². The molecule has 2 aromatic heterocycles. The van der Waals surface area contributed by atoms with Gasteiger partial charge in [-0.1, -0.05) is 18.2 Å². The molecule has 0 aliphatic heterocycles. The van der Waals surface area contributed by atoms with E-state index >= 15 is 0 Å². The number of aromatic nitrogens is 2. The van der Waals surface area contributed by atoms with Gasteiger partial charge in [0.05, 0.1) is 11.4 Å². The molecule has 0 unspecified atom stereocenters. The molecule has 1 aromatic carbocycles. The number of aryl methyl sites for hydroxylation is 3. The number of fused-ring (bicyclic) bond motifs is 1. The van der Waals surface area contributed by atoms with E-state index in [1.54, 1.807) is 0 Å². The molecule has 0 bridgehead atoms. The van der Waals surface area contributed by atoms with Crippen LogP contribution in [0.15, 0.2) is 28.7 Å². The van der Waals surface area contributed by atoms with Gasteiger partial charge in [-0.15, -0.1) is 0 Å². The summed E-state index contributed by atoms with van der Waals surface area (Å²) in [7, 11) is 0. The molecule has 3 rings (SSSR count). The Morgan fingerprint density at radius 1 is 1.10 bits per heavy atom. The fourth-order valence-corrected chi connectivity index (χ4v) is 2.39. The van der Waals surface area contributed by atoms with Crippen LogP contribution in [0.4, 0.5) is 5.82 Å². The second-order valence-corrected chi connectivity index (χ2v) is 5.23. The Balaban J connectivity index is 2.21. The van der Waals surface area contributed by atoms with Crippen molar-refractivity contribution >= 4 is 16.8 Å². The van der Waals surface area contributed by atoms with Gasteiger partial charge >= 0.3 is 0 Å². The molecular weight excluding hydrogens is 262 g/mol. The number of hydrogen-bond acceptors (Lipinski definition) is 4. The number of nitrogens with one attached hydrogen (secondary N) is 1. The van der Waals surface area contributed by atoms with E-state index in [0.29, 0.717) is 0 Å². The second kappa shape index (κ2) is 5.20. The number of nitrogens with zero attached hydrogens (tertiary/aromatic N) is 2. The first-order valence-electron chi connectivity index (χ1n) is 7.18. The molecule has 0 fully saturated rings. The van der Waals surface area contributed by atoms with Crippen molar-refractivity contribution in [1.29, 1.82) is 0 Å². The van der Waals surface area contributed by atoms with Crippen molar-refractivity contribution in [2.45, 2.75) is 27.7 Å². The Morgan fingerprint density at radius 2 is 1.86 bits per heavy atom. The zero-order chi connectivity index (χ0) is 15.0. The van der Waals surface area contributed by atoms with Crippen LogP contribution in [-0.4, -0.2) is 16.5 Å². The summed E-state index contributed by atoms with van der Waals surface area (Å²) in [5, 5.41) is 4.36. The molecule has 108 valence electrons. The summed E-state index contributed by atoms with van der Waals surface area (Å²) in [6.45, 7) is 8.82. The molecule has 4 nitrogen and oxygen atoms in total. The van der Waals surface area contributed by atoms with Crippen molar-refractivity contribution < 1.29 is 4.42 Å². The zero-order valence-corrected chi connectivity index (χ0v) is 12.8. The molecule has 0 saturated carbocycles. The maximum Gasteiger partial charge on any atom is 0.157 e. The lowest BCUT2D eigenvalue weighted by molar-refractivity contribution is 0.625. The van der Waals surface area contributed by atoms with Gasteiger partial charge in [-0.3, -0.25) is 0 Å². The molecule has 0 radical (unpaired) electrons. The van der Waals surface area contributed by atoms with Gasteiger partial charge in [0.2, 0.25) is 0 Å². The molecule has 3 aromatic rings. The Morgan fingerprint density at radius 3 is 2.57 bits per heavy atom. The van der Waals surface area contributed by atoms with E-state index in [1.807, 2.05) is 45.9 Å². The van der Waals surface area contributed by atoms with Crippen LogP contribution in [0.25, 0.3) is 22.4 Å². The average Bonchev–Trinajstić information content (AvgIpc) is 2.88. The molecule has 0 aliphatic carbocycles. The summed E-state index contributed by atoms with van der Waals surface area (Å²) in [5.74, 6) is 1.53. The van der Waals surface area contributed by atoms with Crippen LogP contribution >= 0.6 is 0 Å². The van der Waals surface area contributed by atoms with Crippen molar-refractivity contribution in [2.24, 2.45) is 0 Å². The average molecular weight is 281 g/mol. The molecule has 0 saturated heterocycles. The van der Waals surface area contributed by atoms with Crippen molar-refractivity contribution in [1.82, 2.24) is 9.97 Å². The number of anilines is 1. The SMILES string of the molecule is CCNc1nc(C)c(C)nc1-c1cc2cccc(C)c2o1. The smallest absolute Gasteiger partial charge is 0.157 e. The minimum atomic E-state index is 0.755. The van der Waals surface area contributed by atoms with Gasteiger partial charge in [0.15, 0.2) is 11.6 Å². The van der Waals surface area contributed by atoms with Gasteiger partial charge in [0.25, 0.3) is 0 Å². The summed E-state index contributed by atoms with van der Waals surface area (Å²) in [4.78, 5) is 9.27. The topological polar surface area (TPSA) is 51.0 Å². The summed E-state index contributed by atoms with van der Waals surface area (Å²) < 4.78 is 6.02. The maximum absolute atomic E-state index is 6.02. The van der Waals surface area contributed by atoms with Crippen LogP contribution in [0.5, 0.6) is 0 Å². The fraction of sp³-hybridized carbons (Fsp3) is 0.294. The first kappa shape index (κ1) is 13.6. The second-order valence-electron chi connectivity index (χ2n) is 5.23. The van der Waals surface area contributed by atoms with E-state index in [-0.39, 0.29) is 0 Å². The highest BCUT2D eigenvalue weighted by atomic mass is 16.3. The normalized spacial score (nSPS) is 11.0. The Kier molecular flexibility index (Phi) is 3.37. The van der Waals surface area contributed by atoms with Gasteiger partial charge in [0.1, 0.15) is 11.3 Å². The van der Waals surface area contributed by atoms with E-state index in [4.69, 9.17) is 4.42 Å². The van der Waals surface area contributed by atoms with Crippen molar-refractivity contribution in [3.05, 3.63) is 41.2 Å². The highest BCUT2D eigenvalue weighted by Crippen LogP contribution is 2.32. The van der Waals surface area contributed by atoms with E-state index in [1.165, 1.54) is 0 Å². The van der Waals surface area contributed by atoms with Crippen molar-refractivity contribution in [3.63, 3.8) is 0 Å². The van der Waals surface area contributed by atoms with Crippen LogP contribution in [0.3, 0.4) is 0 Å². The molecule has 2 heterocycles. The molecular formula is C17H19N3O. The Bertz CT molecular complexity index is 805. The number of furan rings is 1. The zero-order valence-electron chi connectivity index (χ0n) is 12.8. The quantitative estimate of drug-likeness (QED) is 0.780. The number of hydrogen-bond donors (Lipinski definition) is 1. The summed E-state index contributed by atoms with van der Waals surface area (Å²) in [5.41, 5.74) is 4.66. The third-order valence-corrected chi connectivity index (χ3v) is 3.63. The fourth-order valence-electron chi connectivity index (χ4n) is 2.39. The maximum atomic E-state index is 6.02. The van der Waals surface area contributed by atoms with Gasteiger partial charge in [0, 0.05) is 11.9 Å². The monoisotopic (exact) mass is 281 g/mol. The lowest BCUT2D eigenvalue weighted by Gasteiger charge is -2.09. The Hall–Kier alpha value is -2.36. The third-order valence-electron chi connectivity index (χ3n) is 3.63. The highest BCUT2D eigenvalue weighted by molar-refractivity contribution is 5.86. The lowest BCUT2D eigenvalue weighted by Crippen LogP contribution is -2.05. The van der Waals surface area contributed by atoms with Crippen LogP contribution < -0.4 is 5.32 Å². The predicted octanol–water partition coefficient (Wildman–Crippen LogP) is 4.25. The molecule has 0 amide bonds. The largest absolute Gasteiger partial charge is 0.454 e. The van der Waals surface area contributed by atoms with Gasteiger partial charge < -0.3 is 9.73 Å². The van der Waals surface area contributed by atoms with Crippen molar-refractivity contribution in [2.75, 3.05) is 11.9 Å². The van der Waals surface area contributed by atoms with Crippen LogP contribution in [-0.2, 0) is 0 Å². The van der Waals surface area contributed by atoms with Crippen molar-refractivity contribution in [3.8, 4) is 11.5 Å². The van der Waals surface area contributed by atoms with E-state index in [0.717, 1.165) is 51.7 Å². The molecule has 1 N–H and O–H groups in total. The van der Waals surface area contributed by atoms with Crippen LogP contribution in [0.2, 0.25) is 0 Å². The number of para-hydroxylation sites is 1. The van der Waals surface area contributed by atoms with E-state index in [9.17, 15) is 0 Å². The molecule has 0 aliphatic rings. The third kappa shape index (κ3) is 2.37. The molecule has 21 heavy (non-hydrogen) atoms. The summed E-state index contributed by atoms with van der Waals surface area (Å²) >= 11 is 0. The van der Waals surface area contributed by atoms with Crippen LogP contribution in [0, 0.1) is 20.8 Å².